The summed E-state index contributed by atoms with van der Waals surface area (Å²) in [5.74, 6) is -0.591. The second-order valence-corrected chi connectivity index (χ2v) is 5.11. The predicted octanol–water partition coefficient (Wildman–Crippen LogP) is 2.39. The lowest BCUT2D eigenvalue weighted by molar-refractivity contribution is -0.385. The van der Waals surface area contributed by atoms with Crippen LogP contribution in [0.5, 0.6) is 0 Å². The van der Waals surface area contributed by atoms with Crippen LogP contribution in [0.15, 0.2) is 18.2 Å². The Hall–Kier alpha value is -1.53. The fraction of sp³-hybridized carbons (Fsp3) is 0.538. The number of rotatable bonds is 4. The Morgan fingerprint density at radius 1 is 1.58 bits per heavy atom. The molecule has 6 heteroatoms. The van der Waals surface area contributed by atoms with Crippen LogP contribution >= 0.6 is 0 Å². The fourth-order valence-corrected chi connectivity index (χ4v) is 2.21. The van der Waals surface area contributed by atoms with E-state index in [0.29, 0.717) is 18.7 Å². The molecule has 0 aromatic heterocycles. The minimum Gasteiger partial charge on any atom is -0.377 e. The summed E-state index contributed by atoms with van der Waals surface area (Å²) in [6.45, 7) is 5.09. The Balaban J connectivity index is 2.09. The first-order chi connectivity index (χ1) is 8.90. The number of nitro groups is 1. The maximum Gasteiger partial charge on any atom is 0.272 e. The first kappa shape index (κ1) is 13.9. The summed E-state index contributed by atoms with van der Waals surface area (Å²) in [5.41, 5.74) is 0.158. The average molecular weight is 268 g/mol. The van der Waals surface area contributed by atoms with Gasteiger partial charge in [0.25, 0.3) is 5.69 Å². The van der Waals surface area contributed by atoms with E-state index in [4.69, 9.17) is 4.74 Å². The van der Waals surface area contributed by atoms with Crippen LogP contribution in [0.2, 0.25) is 0 Å². The SMILES string of the molecule is CC1OCCC1(C)NCc1cc(F)cc([N+](=O)[O-])c1. The molecule has 1 fully saturated rings. The van der Waals surface area contributed by atoms with Gasteiger partial charge in [0.15, 0.2) is 0 Å². The summed E-state index contributed by atoms with van der Waals surface area (Å²) >= 11 is 0. The molecule has 2 atom stereocenters. The maximum atomic E-state index is 13.3. The van der Waals surface area contributed by atoms with Crippen molar-refractivity contribution < 1.29 is 14.1 Å². The van der Waals surface area contributed by atoms with Gasteiger partial charge in [0.2, 0.25) is 0 Å². The van der Waals surface area contributed by atoms with Crippen LogP contribution in [0.25, 0.3) is 0 Å². The molecule has 1 aliphatic heterocycles. The largest absolute Gasteiger partial charge is 0.377 e. The molecule has 0 spiro atoms. The van der Waals surface area contributed by atoms with E-state index >= 15 is 0 Å². The lowest BCUT2D eigenvalue weighted by Gasteiger charge is -2.29. The van der Waals surface area contributed by atoms with Crippen molar-refractivity contribution in [1.82, 2.24) is 5.32 Å². The number of benzene rings is 1. The molecule has 2 rings (SSSR count). The number of hydrogen-bond donors (Lipinski definition) is 1. The molecule has 1 saturated heterocycles. The van der Waals surface area contributed by atoms with Gasteiger partial charge in [-0.05, 0) is 31.9 Å². The molecule has 0 bridgehead atoms. The zero-order chi connectivity index (χ0) is 14.0. The highest BCUT2D eigenvalue weighted by Crippen LogP contribution is 2.26. The lowest BCUT2D eigenvalue weighted by atomic mass is 9.94. The second kappa shape index (κ2) is 5.22. The smallest absolute Gasteiger partial charge is 0.272 e. The van der Waals surface area contributed by atoms with Gasteiger partial charge in [-0.1, -0.05) is 0 Å². The van der Waals surface area contributed by atoms with Crippen molar-refractivity contribution in [3.63, 3.8) is 0 Å². The Morgan fingerprint density at radius 2 is 2.32 bits per heavy atom. The van der Waals surface area contributed by atoms with Crippen LogP contribution in [0, 0.1) is 15.9 Å². The van der Waals surface area contributed by atoms with Crippen molar-refractivity contribution >= 4 is 5.69 Å². The van der Waals surface area contributed by atoms with E-state index in [-0.39, 0.29) is 17.3 Å². The Labute approximate surface area is 110 Å². The molecule has 1 N–H and O–H groups in total. The summed E-state index contributed by atoms with van der Waals surface area (Å²) in [6, 6.07) is 3.62. The van der Waals surface area contributed by atoms with Crippen LogP contribution < -0.4 is 5.32 Å². The molecule has 1 aromatic rings. The molecule has 0 saturated carbocycles. The topological polar surface area (TPSA) is 64.4 Å². The summed E-state index contributed by atoms with van der Waals surface area (Å²) in [4.78, 5) is 10.1. The summed E-state index contributed by atoms with van der Waals surface area (Å²) in [7, 11) is 0. The highest BCUT2D eigenvalue weighted by atomic mass is 19.1. The van der Waals surface area contributed by atoms with Gasteiger partial charge in [-0.15, -0.1) is 0 Å². The van der Waals surface area contributed by atoms with Crippen LogP contribution in [0.3, 0.4) is 0 Å². The number of ether oxygens (including phenoxy) is 1. The molecule has 1 heterocycles. The summed E-state index contributed by atoms with van der Waals surface area (Å²) < 4.78 is 18.8. The zero-order valence-corrected chi connectivity index (χ0v) is 11.0. The predicted molar refractivity (Wildman–Crippen MR) is 68.3 cm³/mol. The molecule has 19 heavy (non-hydrogen) atoms. The third-order valence-corrected chi connectivity index (χ3v) is 3.74. The number of non-ortho nitro benzene ring substituents is 1. The van der Waals surface area contributed by atoms with Crippen LogP contribution in [-0.4, -0.2) is 23.2 Å². The van der Waals surface area contributed by atoms with Crippen molar-refractivity contribution in [3.8, 4) is 0 Å². The zero-order valence-electron chi connectivity index (χ0n) is 11.0. The Morgan fingerprint density at radius 3 is 2.89 bits per heavy atom. The second-order valence-electron chi connectivity index (χ2n) is 5.11. The van der Waals surface area contributed by atoms with Crippen molar-refractivity contribution in [3.05, 3.63) is 39.7 Å². The highest BCUT2D eigenvalue weighted by molar-refractivity contribution is 5.35. The highest BCUT2D eigenvalue weighted by Gasteiger charge is 2.36. The molecular formula is C13H17FN2O3. The van der Waals surface area contributed by atoms with E-state index in [1.54, 1.807) is 0 Å². The van der Waals surface area contributed by atoms with Gasteiger partial charge in [0.1, 0.15) is 5.82 Å². The van der Waals surface area contributed by atoms with Crippen molar-refractivity contribution in [1.29, 1.82) is 0 Å². The van der Waals surface area contributed by atoms with Crippen LogP contribution in [-0.2, 0) is 11.3 Å². The van der Waals surface area contributed by atoms with E-state index < -0.39 is 10.7 Å². The average Bonchev–Trinajstić information content (AvgIpc) is 2.67. The lowest BCUT2D eigenvalue weighted by Crippen LogP contribution is -2.47. The molecule has 2 unspecified atom stereocenters. The van der Waals surface area contributed by atoms with E-state index in [9.17, 15) is 14.5 Å². The van der Waals surface area contributed by atoms with Gasteiger partial charge in [-0.2, -0.15) is 0 Å². The molecule has 0 aliphatic carbocycles. The van der Waals surface area contributed by atoms with Crippen molar-refractivity contribution in [2.75, 3.05) is 6.61 Å². The number of hydrogen-bond acceptors (Lipinski definition) is 4. The molecule has 104 valence electrons. The van der Waals surface area contributed by atoms with Gasteiger partial charge < -0.3 is 10.1 Å². The minimum atomic E-state index is -0.591. The standard InChI is InChI=1S/C13H17FN2O3/c1-9-13(2,3-4-19-9)15-8-10-5-11(14)7-12(6-10)16(17)18/h5-7,9,15H,3-4,8H2,1-2H3. The van der Waals surface area contributed by atoms with E-state index in [1.807, 2.05) is 13.8 Å². The summed E-state index contributed by atoms with van der Waals surface area (Å²) in [5, 5.41) is 14.0. The normalized spacial score (nSPS) is 26.6. The van der Waals surface area contributed by atoms with Gasteiger partial charge in [-0.25, -0.2) is 4.39 Å². The van der Waals surface area contributed by atoms with Crippen LogP contribution in [0.4, 0.5) is 10.1 Å². The minimum absolute atomic E-state index is 0.0658. The van der Waals surface area contributed by atoms with Gasteiger partial charge in [0, 0.05) is 24.8 Å². The van der Waals surface area contributed by atoms with E-state index in [2.05, 4.69) is 5.32 Å². The molecule has 0 amide bonds. The molecular weight excluding hydrogens is 251 g/mol. The fourth-order valence-electron chi connectivity index (χ4n) is 2.21. The Bertz CT molecular complexity index is 495. The quantitative estimate of drug-likeness (QED) is 0.672. The molecule has 5 nitrogen and oxygen atoms in total. The number of halogens is 1. The van der Waals surface area contributed by atoms with Crippen LogP contribution in [0.1, 0.15) is 25.8 Å². The third-order valence-electron chi connectivity index (χ3n) is 3.74. The van der Waals surface area contributed by atoms with E-state index in [0.717, 1.165) is 12.5 Å². The van der Waals surface area contributed by atoms with Crippen molar-refractivity contribution in [2.24, 2.45) is 0 Å². The summed E-state index contributed by atoms with van der Waals surface area (Å²) in [6.07, 6.45) is 0.932. The van der Waals surface area contributed by atoms with Gasteiger partial charge in [-0.3, -0.25) is 10.1 Å². The number of nitrogens with zero attached hydrogens (tertiary/aromatic N) is 1. The monoisotopic (exact) mass is 268 g/mol. The first-order valence-corrected chi connectivity index (χ1v) is 6.21. The van der Waals surface area contributed by atoms with E-state index in [1.165, 1.54) is 12.1 Å². The first-order valence-electron chi connectivity index (χ1n) is 6.21. The van der Waals surface area contributed by atoms with Crippen molar-refractivity contribution in [2.45, 2.75) is 38.5 Å². The number of nitrogens with one attached hydrogen (secondary N) is 1. The molecule has 1 aliphatic rings. The molecule has 1 aromatic carbocycles. The van der Waals surface area contributed by atoms with Gasteiger partial charge in [0.05, 0.1) is 17.1 Å². The third kappa shape index (κ3) is 3.08. The maximum absolute atomic E-state index is 13.3. The Kier molecular flexibility index (Phi) is 3.82. The molecule has 0 radical (unpaired) electrons. The number of nitro benzene ring substituents is 1. The van der Waals surface area contributed by atoms with Gasteiger partial charge >= 0.3 is 0 Å².